The Labute approximate surface area is 245 Å². The van der Waals surface area contributed by atoms with E-state index in [1.807, 2.05) is 30.3 Å². The van der Waals surface area contributed by atoms with Crippen LogP contribution < -0.4 is 5.06 Å². The Hall–Kier alpha value is -2.89. The number of aliphatic hydroxyl groups excluding tert-OH is 1. The number of oxazole rings is 1. The minimum atomic E-state index is -2.29. The molecule has 1 N–H and O–H groups in total. The number of fused-ring (bicyclic) bond motifs is 7. The van der Waals surface area contributed by atoms with Gasteiger partial charge in [-0.3, -0.25) is 14.4 Å². The minimum Gasteiger partial charge on any atom is -0.422 e. The number of benzene rings is 1. The molecule has 2 aromatic rings. The summed E-state index contributed by atoms with van der Waals surface area (Å²) in [6.07, 6.45) is 2.00. The molecular formula is C31H31F3N2O5S. The molecular weight excluding hydrogens is 569 g/mol. The first kappa shape index (κ1) is 27.9. The molecule has 1 aromatic carbocycles. The average Bonchev–Trinajstić information content (AvgIpc) is 3.66. The molecule has 1 saturated heterocycles. The summed E-state index contributed by atoms with van der Waals surface area (Å²) in [6, 6.07) is 8.48. The fourth-order valence-corrected chi connectivity index (χ4v) is 9.72. The topological polar surface area (TPSA) is 92.9 Å². The van der Waals surface area contributed by atoms with Gasteiger partial charge in [-0.25, -0.2) is 18.2 Å². The summed E-state index contributed by atoms with van der Waals surface area (Å²) < 4.78 is 53.0. The van der Waals surface area contributed by atoms with Crippen LogP contribution >= 0.6 is 11.8 Å². The summed E-state index contributed by atoms with van der Waals surface area (Å²) in [5.74, 6) is -1.98. The number of ketones is 1. The van der Waals surface area contributed by atoms with Crippen molar-refractivity contribution in [2.24, 2.45) is 28.6 Å². The zero-order valence-electron chi connectivity index (χ0n) is 23.1. The maximum absolute atomic E-state index is 17.5. The summed E-state index contributed by atoms with van der Waals surface area (Å²) in [4.78, 5) is 36.8. The van der Waals surface area contributed by atoms with Gasteiger partial charge in [0.25, 0.3) is 0 Å². The van der Waals surface area contributed by atoms with Gasteiger partial charge in [-0.05, 0) is 49.8 Å². The molecule has 7 nitrogen and oxygen atoms in total. The lowest BCUT2D eigenvalue weighted by Gasteiger charge is -2.63. The fourth-order valence-electron chi connectivity index (χ4n) is 8.97. The van der Waals surface area contributed by atoms with Crippen LogP contribution in [0.5, 0.6) is 0 Å². The summed E-state index contributed by atoms with van der Waals surface area (Å²) in [5.41, 5.74) is -5.77. The van der Waals surface area contributed by atoms with E-state index in [-0.39, 0.29) is 31.0 Å². The summed E-state index contributed by atoms with van der Waals surface area (Å²) in [5, 5.41) is 12.5. The van der Waals surface area contributed by atoms with Crippen molar-refractivity contribution < 1.29 is 37.1 Å². The summed E-state index contributed by atoms with van der Waals surface area (Å²) in [6.45, 7) is 3.47. The SMILES string of the molecule is C[C@]12C=CC(=O)C=C1[C@@H](F)C[C@H]1[C@@H]3C[C@H]4CN(c5ncc(-c6ccccc6)o5)O[C@@]4(C(=O)SCF)[C@@]3(C)C[C@H](O)[C@@]12F. The highest BCUT2D eigenvalue weighted by Crippen LogP contribution is 2.73. The van der Waals surface area contributed by atoms with Gasteiger partial charge in [0, 0.05) is 28.2 Å². The fraction of sp³-hybridized carbons (Fsp3) is 0.516. The van der Waals surface area contributed by atoms with Gasteiger partial charge in [-0.2, -0.15) is 4.98 Å². The number of rotatable bonds is 4. The minimum absolute atomic E-state index is 0.0360. The quantitative estimate of drug-likeness (QED) is 0.488. The Morgan fingerprint density at radius 2 is 1.98 bits per heavy atom. The van der Waals surface area contributed by atoms with Crippen molar-refractivity contribution in [2.45, 2.75) is 56.7 Å². The predicted molar refractivity (Wildman–Crippen MR) is 149 cm³/mol. The maximum Gasteiger partial charge on any atom is 0.322 e. The van der Waals surface area contributed by atoms with Crippen molar-refractivity contribution in [1.29, 1.82) is 0 Å². The Morgan fingerprint density at radius 3 is 2.71 bits per heavy atom. The molecule has 5 aliphatic rings. The van der Waals surface area contributed by atoms with Gasteiger partial charge in [0.05, 0.1) is 18.8 Å². The molecule has 11 heteroatoms. The third-order valence-corrected chi connectivity index (χ3v) is 11.5. The molecule has 4 fully saturated rings. The Kier molecular flexibility index (Phi) is 6.18. The van der Waals surface area contributed by atoms with Gasteiger partial charge in [-0.15, -0.1) is 0 Å². The van der Waals surface area contributed by atoms with E-state index in [1.165, 1.54) is 24.1 Å². The van der Waals surface area contributed by atoms with Gasteiger partial charge in [0.2, 0.25) is 5.12 Å². The van der Waals surface area contributed by atoms with Crippen LogP contribution in [0.4, 0.5) is 19.2 Å². The number of hydrogen-bond donors (Lipinski definition) is 1. The number of aliphatic hydroxyl groups is 1. The first-order valence-electron chi connectivity index (χ1n) is 14.2. The maximum atomic E-state index is 17.5. The lowest BCUT2D eigenvalue weighted by Crippen LogP contribution is -2.70. The molecule has 0 amide bonds. The van der Waals surface area contributed by atoms with Gasteiger partial charge >= 0.3 is 6.01 Å². The number of carbonyl (C=O) groups is 2. The van der Waals surface area contributed by atoms with Crippen molar-refractivity contribution in [3.05, 3.63) is 60.3 Å². The van der Waals surface area contributed by atoms with Crippen molar-refractivity contribution in [3.63, 3.8) is 0 Å². The van der Waals surface area contributed by atoms with Crippen LogP contribution in [0.25, 0.3) is 11.3 Å². The van der Waals surface area contributed by atoms with Gasteiger partial charge in [0.15, 0.2) is 22.8 Å². The van der Waals surface area contributed by atoms with E-state index in [2.05, 4.69) is 4.98 Å². The second-order valence-corrected chi connectivity index (χ2v) is 13.5. The zero-order valence-corrected chi connectivity index (χ0v) is 24.0. The largest absolute Gasteiger partial charge is 0.422 e. The number of hydroxylamine groups is 1. The number of hydrogen-bond acceptors (Lipinski definition) is 8. The molecule has 0 unspecified atom stereocenters. The van der Waals surface area contributed by atoms with E-state index in [1.54, 1.807) is 13.1 Å². The number of halogens is 3. The van der Waals surface area contributed by atoms with Gasteiger partial charge < -0.3 is 9.52 Å². The van der Waals surface area contributed by atoms with E-state index in [0.29, 0.717) is 23.9 Å². The predicted octanol–water partition coefficient (Wildman–Crippen LogP) is 5.56. The van der Waals surface area contributed by atoms with Crippen molar-refractivity contribution in [1.82, 2.24) is 4.98 Å². The molecule has 0 radical (unpaired) electrons. The lowest BCUT2D eigenvalue weighted by molar-refractivity contribution is -0.225. The molecule has 0 spiro atoms. The highest BCUT2D eigenvalue weighted by Gasteiger charge is 2.80. The Bertz CT molecular complexity index is 1520. The monoisotopic (exact) mass is 600 g/mol. The normalized spacial score (nSPS) is 42.0. The first-order valence-corrected chi connectivity index (χ1v) is 15.2. The Balaban J connectivity index is 1.28. The van der Waals surface area contributed by atoms with E-state index >= 15 is 8.78 Å². The van der Waals surface area contributed by atoms with Crippen LogP contribution in [-0.2, 0) is 14.4 Å². The second kappa shape index (κ2) is 9.30. The smallest absolute Gasteiger partial charge is 0.322 e. The second-order valence-electron chi connectivity index (χ2n) is 12.6. The van der Waals surface area contributed by atoms with Crippen LogP contribution in [0.15, 0.2) is 64.7 Å². The van der Waals surface area contributed by atoms with Crippen LogP contribution in [0, 0.1) is 28.6 Å². The summed E-state index contributed by atoms with van der Waals surface area (Å²) in [7, 11) is 0. The standard InChI is InChI=1S/C31H31F3N2O5S/c1-28-9-8-19(37)11-22(28)23(33)12-21-20-10-18-15-36(27-35-14-24(40-27)17-6-4-3-5-7-17)41-31(18,26(39)42-16-32)29(20,2)13-25(38)30(21,28)34/h3-9,11,14,18,20-21,23,25,38H,10,12-13,15-16H2,1-2H3/t18-,20-,21-,23-,25-,28-,29-,30-,31-/m0/s1. The highest BCUT2D eigenvalue weighted by atomic mass is 32.2. The summed E-state index contributed by atoms with van der Waals surface area (Å²) >= 11 is 0.482. The number of thioether (sulfide) groups is 1. The zero-order chi connectivity index (χ0) is 29.7. The third-order valence-electron chi connectivity index (χ3n) is 10.9. The molecule has 1 aromatic heterocycles. The van der Waals surface area contributed by atoms with Crippen molar-refractivity contribution in [2.75, 3.05) is 17.6 Å². The number of anilines is 1. The number of nitrogens with zero attached hydrogens (tertiary/aromatic N) is 2. The molecule has 4 aliphatic carbocycles. The van der Waals surface area contributed by atoms with E-state index in [9.17, 15) is 19.1 Å². The molecule has 7 rings (SSSR count). The van der Waals surface area contributed by atoms with Crippen LogP contribution in [-0.4, -0.2) is 57.1 Å². The third kappa shape index (κ3) is 3.41. The van der Waals surface area contributed by atoms with Crippen molar-refractivity contribution in [3.8, 4) is 11.3 Å². The number of carbonyl (C=O) groups excluding carboxylic acids is 2. The number of allylic oxidation sites excluding steroid dienone is 4. The molecule has 2 heterocycles. The molecule has 42 heavy (non-hydrogen) atoms. The molecule has 222 valence electrons. The van der Waals surface area contributed by atoms with E-state index in [4.69, 9.17) is 9.25 Å². The van der Waals surface area contributed by atoms with Crippen LogP contribution in [0.2, 0.25) is 0 Å². The highest BCUT2D eigenvalue weighted by molar-refractivity contribution is 8.13. The molecule has 9 atom stereocenters. The van der Waals surface area contributed by atoms with Gasteiger partial charge in [-0.1, -0.05) is 55.1 Å². The lowest BCUT2D eigenvalue weighted by atomic mass is 9.44. The van der Waals surface area contributed by atoms with E-state index in [0.717, 1.165) is 11.6 Å². The molecule has 1 aliphatic heterocycles. The van der Waals surface area contributed by atoms with Gasteiger partial charge in [0.1, 0.15) is 12.2 Å². The average molecular weight is 601 g/mol. The first-order chi connectivity index (χ1) is 20.0. The number of aromatic nitrogens is 1. The van der Waals surface area contributed by atoms with Crippen LogP contribution in [0.3, 0.4) is 0 Å². The molecule has 3 saturated carbocycles. The van der Waals surface area contributed by atoms with Crippen molar-refractivity contribution >= 4 is 28.7 Å². The van der Waals surface area contributed by atoms with Crippen LogP contribution in [0.1, 0.15) is 33.1 Å². The molecule has 0 bridgehead atoms. The Morgan fingerprint density at radius 1 is 1.21 bits per heavy atom. The number of alkyl halides is 3. The van der Waals surface area contributed by atoms with E-state index < -0.39 is 69.0 Å².